The van der Waals surface area contributed by atoms with Crippen LogP contribution < -0.4 is 0 Å². The van der Waals surface area contributed by atoms with Gasteiger partial charge in [0.2, 0.25) is 0 Å². The third-order valence-corrected chi connectivity index (χ3v) is 2.71. The van der Waals surface area contributed by atoms with Gasteiger partial charge in [-0.1, -0.05) is 30.3 Å². The van der Waals surface area contributed by atoms with Crippen molar-refractivity contribution in [2.45, 2.75) is 24.7 Å². The Balaban J connectivity index is 1.85. The van der Waals surface area contributed by atoms with Crippen LogP contribution in [0, 0.1) is 0 Å². The average Bonchev–Trinajstić information content (AvgIpc) is 2.36. The molecule has 0 amide bonds. The molecule has 5 heteroatoms. The van der Waals surface area contributed by atoms with Gasteiger partial charge in [0.05, 0.1) is 19.5 Å². The van der Waals surface area contributed by atoms with E-state index in [2.05, 4.69) is 0 Å². The SMILES string of the molecule is O[C@H]1C=CO[C@H](COCc2ccccc2)C1(F)F. The van der Waals surface area contributed by atoms with Crippen molar-refractivity contribution >= 4 is 0 Å². The smallest absolute Gasteiger partial charge is 0.315 e. The molecule has 0 unspecified atom stereocenters. The molecule has 1 aliphatic rings. The Bertz CT molecular complexity index is 406. The van der Waals surface area contributed by atoms with Gasteiger partial charge in [0.25, 0.3) is 0 Å². The maximum absolute atomic E-state index is 13.5. The number of alkyl halides is 2. The lowest BCUT2D eigenvalue weighted by molar-refractivity contribution is -0.192. The van der Waals surface area contributed by atoms with Gasteiger partial charge >= 0.3 is 5.92 Å². The minimum atomic E-state index is -3.33. The van der Waals surface area contributed by atoms with E-state index in [-0.39, 0.29) is 13.2 Å². The average molecular weight is 256 g/mol. The monoisotopic (exact) mass is 256 g/mol. The molecular weight excluding hydrogens is 242 g/mol. The second kappa shape index (κ2) is 5.46. The Kier molecular flexibility index (Phi) is 3.93. The van der Waals surface area contributed by atoms with Crippen LogP contribution in [0.1, 0.15) is 5.56 Å². The van der Waals surface area contributed by atoms with Crippen LogP contribution in [0.4, 0.5) is 8.78 Å². The van der Waals surface area contributed by atoms with E-state index in [4.69, 9.17) is 14.6 Å². The van der Waals surface area contributed by atoms with Crippen molar-refractivity contribution in [1.29, 1.82) is 0 Å². The van der Waals surface area contributed by atoms with Gasteiger partial charge in [0, 0.05) is 0 Å². The molecule has 0 aliphatic carbocycles. The molecule has 0 radical (unpaired) electrons. The van der Waals surface area contributed by atoms with Crippen LogP contribution in [0.15, 0.2) is 42.7 Å². The molecule has 0 aromatic heterocycles. The lowest BCUT2D eigenvalue weighted by atomic mass is 10.1. The Morgan fingerprint density at radius 2 is 2.00 bits per heavy atom. The van der Waals surface area contributed by atoms with Gasteiger partial charge < -0.3 is 14.6 Å². The zero-order chi connectivity index (χ0) is 13.0. The number of aliphatic hydroxyl groups is 1. The first-order valence-corrected chi connectivity index (χ1v) is 5.60. The largest absolute Gasteiger partial charge is 0.489 e. The second-order valence-electron chi connectivity index (χ2n) is 4.07. The summed E-state index contributed by atoms with van der Waals surface area (Å²) >= 11 is 0. The molecule has 0 saturated heterocycles. The van der Waals surface area contributed by atoms with Crippen LogP contribution in [0.2, 0.25) is 0 Å². The molecule has 18 heavy (non-hydrogen) atoms. The standard InChI is InChI=1S/C13H14F2O3/c14-13(15)11(16)6-7-18-12(13)9-17-8-10-4-2-1-3-5-10/h1-7,11-12,16H,8-9H2/t11-,12+/m0/s1. The normalized spacial score (nSPS) is 25.7. The minimum absolute atomic E-state index is 0.233. The fourth-order valence-corrected chi connectivity index (χ4v) is 1.63. The van der Waals surface area contributed by atoms with E-state index in [1.54, 1.807) is 0 Å². The molecule has 1 aliphatic heterocycles. The minimum Gasteiger partial charge on any atom is -0.489 e. The molecule has 1 aromatic rings. The maximum Gasteiger partial charge on any atom is 0.315 e. The molecule has 2 atom stereocenters. The fraction of sp³-hybridized carbons (Fsp3) is 0.385. The summed E-state index contributed by atoms with van der Waals surface area (Å²) in [6.07, 6.45) is -1.27. The van der Waals surface area contributed by atoms with Crippen LogP contribution >= 0.6 is 0 Å². The summed E-state index contributed by atoms with van der Waals surface area (Å²) in [6.45, 7) is -0.0418. The van der Waals surface area contributed by atoms with Gasteiger partial charge in [0.15, 0.2) is 6.10 Å². The van der Waals surface area contributed by atoms with E-state index >= 15 is 0 Å². The molecule has 1 N–H and O–H groups in total. The molecule has 2 rings (SSSR count). The van der Waals surface area contributed by atoms with Gasteiger partial charge in [-0.3, -0.25) is 0 Å². The number of hydrogen-bond acceptors (Lipinski definition) is 3. The molecule has 1 aromatic carbocycles. The van der Waals surface area contributed by atoms with E-state index < -0.39 is 18.1 Å². The number of rotatable bonds is 4. The quantitative estimate of drug-likeness (QED) is 0.896. The van der Waals surface area contributed by atoms with Crippen molar-refractivity contribution in [1.82, 2.24) is 0 Å². The summed E-state index contributed by atoms with van der Waals surface area (Å²) in [5.74, 6) is -3.33. The Morgan fingerprint density at radius 3 is 2.72 bits per heavy atom. The van der Waals surface area contributed by atoms with Gasteiger partial charge in [0.1, 0.15) is 6.10 Å². The highest BCUT2D eigenvalue weighted by atomic mass is 19.3. The molecule has 0 spiro atoms. The van der Waals surface area contributed by atoms with Crippen LogP contribution in [-0.2, 0) is 16.1 Å². The first-order chi connectivity index (χ1) is 8.60. The summed E-state index contributed by atoms with van der Waals surface area (Å²) in [6, 6.07) is 9.24. The Labute approximate surface area is 104 Å². The number of hydrogen-bond donors (Lipinski definition) is 1. The number of aliphatic hydroxyl groups excluding tert-OH is 1. The van der Waals surface area contributed by atoms with Crippen molar-refractivity contribution in [2.75, 3.05) is 6.61 Å². The van der Waals surface area contributed by atoms with Crippen LogP contribution in [-0.4, -0.2) is 29.8 Å². The van der Waals surface area contributed by atoms with Crippen molar-refractivity contribution in [2.24, 2.45) is 0 Å². The Hall–Kier alpha value is -1.46. The van der Waals surface area contributed by atoms with E-state index in [0.717, 1.165) is 17.9 Å². The Morgan fingerprint density at radius 1 is 1.28 bits per heavy atom. The predicted octanol–water partition coefficient (Wildman–Crippen LogP) is 2.11. The van der Waals surface area contributed by atoms with Gasteiger partial charge in [-0.2, -0.15) is 8.78 Å². The van der Waals surface area contributed by atoms with Crippen molar-refractivity contribution in [3.05, 3.63) is 48.2 Å². The number of halogens is 2. The van der Waals surface area contributed by atoms with E-state index in [9.17, 15) is 8.78 Å². The maximum atomic E-state index is 13.5. The zero-order valence-corrected chi connectivity index (χ0v) is 9.63. The third-order valence-electron chi connectivity index (χ3n) is 2.71. The molecule has 1 heterocycles. The lowest BCUT2D eigenvalue weighted by Crippen LogP contribution is -2.49. The summed E-state index contributed by atoms with van der Waals surface area (Å²) in [5, 5.41) is 9.15. The molecule has 98 valence electrons. The van der Waals surface area contributed by atoms with Gasteiger partial charge in [-0.15, -0.1) is 0 Å². The highest BCUT2D eigenvalue weighted by Gasteiger charge is 2.49. The summed E-state index contributed by atoms with van der Waals surface area (Å²) in [5.41, 5.74) is 0.896. The molecule has 0 fully saturated rings. The summed E-state index contributed by atoms with van der Waals surface area (Å²) in [7, 11) is 0. The van der Waals surface area contributed by atoms with Crippen LogP contribution in [0.25, 0.3) is 0 Å². The molecular formula is C13H14F2O3. The second-order valence-corrected chi connectivity index (χ2v) is 4.07. The highest BCUT2D eigenvalue weighted by Crippen LogP contribution is 2.30. The number of benzene rings is 1. The highest BCUT2D eigenvalue weighted by molar-refractivity contribution is 5.13. The van der Waals surface area contributed by atoms with Crippen LogP contribution in [0.3, 0.4) is 0 Å². The van der Waals surface area contributed by atoms with Crippen molar-refractivity contribution in [3.8, 4) is 0 Å². The van der Waals surface area contributed by atoms with Gasteiger partial charge in [-0.05, 0) is 11.6 Å². The number of ether oxygens (including phenoxy) is 2. The van der Waals surface area contributed by atoms with E-state index in [1.807, 2.05) is 30.3 Å². The molecule has 0 bridgehead atoms. The third kappa shape index (κ3) is 2.86. The van der Waals surface area contributed by atoms with Crippen LogP contribution in [0.5, 0.6) is 0 Å². The van der Waals surface area contributed by atoms with Crippen molar-refractivity contribution in [3.63, 3.8) is 0 Å². The van der Waals surface area contributed by atoms with Crippen molar-refractivity contribution < 1.29 is 23.4 Å². The first-order valence-electron chi connectivity index (χ1n) is 5.60. The first kappa shape index (κ1) is 13.0. The van der Waals surface area contributed by atoms with E-state index in [1.165, 1.54) is 0 Å². The van der Waals surface area contributed by atoms with E-state index in [0.29, 0.717) is 0 Å². The topological polar surface area (TPSA) is 38.7 Å². The zero-order valence-electron chi connectivity index (χ0n) is 9.63. The molecule has 0 saturated carbocycles. The molecule has 3 nitrogen and oxygen atoms in total. The summed E-state index contributed by atoms with van der Waals surface area (Å²) in [4.78, 5) is 0. The summed E-state index contributed by atoms with van der Waals surface area (Å²) < 4.78 is 36.9. The predicted molar refractivity (Wildman–Crippen MR) is 61.1 cm³/mol. The van der Waals surface area contributed by atoms with Gasteiger partial charge in [-0.25, -0.2) is 0 Å². The lowest BCUT2D eigenvalue weighted by Gasteiger charge is -2.31. The fourth-order valence-electron chi connectivity index (χ4n) is 1.63.